The average Bonchev–Trinajstić information content (AvgIpc) is 2.80. The van der Waals surface area contributed by atoms with Crippen molar-refractivity contribution in [3.63, 3.8) is 0 Å². The predicted octanol–water partition coefficient (Wildman–Crippen LogP) is 5.96. The molecule has 0 aliphatic rings. The highest BCUT2D eigenvalue weighted by Crippen LogP contribution is 2.27. The monoisotopic (exact) mass is 505 g/mol. The van der Waals surface area contributed by atoms with Gasteiger partial charge in [0.1, 0.15) is 11.5 Å². The Morgan fingerprint density at radius 2 is 1.63 bits per heavy atom. The molecule has 0 heterocycles. The first kappa shape index (κ1) is 25.4. The Balaban J connectivity index is 1.95. The van der Waals surface area contributed by atoms with E-state index in [1.807, 2.05) is 0 Å². The van der Waals surface area contributed by atoms with E-state index in [0.29, 0.717) is 6.08 Å². The number of allylic oxidation sites excluding steroid dienone is 2. The Hall–Kier alpha value is -4.18. The molecule has 0 bridgehead atoms. The van der Waals surface area contributed by atoms with Gasteiger partial charge in [-0.05, 0) is 48.5 Å². The highest BCUT2D eigenvalue weighted by molar-refractivity contribution is 6.33. The lowest BCUT2D eigenvalue weighted by atomic mass is 10.1. The maximum atomic E-state index is 13.4. The first-order valence-electron chi connectivity index (χ1n) is 9.78. The van der Waals surface area contributed by atoms with Crippen molar-refractivity contribution >= 4 is 40.6 Å². The molecule has 3 aromatic rings. The van der Waals surface area contributed by atoms with Gasteiger partial charge in [-0.3, -0.25) is 4.79 Å². The van der Waals surface area contributed by atoms with Crippen LogP contribution in [-0.4, -0.2) is 28.9 Å². The van der Waals surface area contributed by atoms with Gasteiger partial charge in [0, 0.05) is 11.1 Å². The maximum absolute atomic E-state index is 13.4. The number of nitrogens with one attached hydrogen (secondary N) is 1. The number of rotatable bonds is 6. The molecule has 11 heteroatoms. The summed E-state index contributed by atoms with van der Waals surface area (Å²) in [6, 6.07) is 14.4. The fourth-order valence-corrected chi connectivity index (χ4v) is 3.05. The number of nitrogens with zero attached hydrogens (tertiary/aromatic N) is 1. The second kappa shape index (κ2) is 10.4. The standard InChI is InChI=1S/C24H16ClF4N3O3/c25-17-3-1-2-4-19(17)31-20(12-21(30)24(27,28)29)13-5-7-14(8-6-13)22(33)32-18-10-9-15(26)11-16(18)23(34)35/h1-12H,30H2,(H,32,33)(H,34,35). The third kappa shape index (κ3) is 6.45. The number of hydrogen-bond donors (Lipinski definition) is 3. The summed E-state index contributed by atoms with van der Waals surface area (Å²) >= 11 is 6.07. The van der Waals surface area contributed by atoms with Gasteiger partial charge < -0.3 is 16.2 Å². The molecule has 180 valence electrons. The van der Waals surface area contributed by atoms with E-state index >= 15 is 0 Å². The zero-order chi connectivity index (χ0) is 25.8. The lowest BCUT2D eigenvalue weighted by molar-refractivity contribution is -0.0925. The van der Waals surface area contributed by atoms with Crippen molar-refractivity contribution in [1.29, 1.82) is 0 Å². The minimum absolute atomic E-state index is 0.0549. The van der Waals surface area contributed by atoms with Gasteiger partial charge in [-0.2, -0.15) is 13.2 Å². The van der Waals surface area contributed by atoms with E-state index in [1.54, 1.807) is 12.1 Å². The van der Waals surface area contributed by atoms with Crippen molar-refractivity contribution < 1.29 is 32.3 Å². The van der Waals surface area contributed by atoms with Gasteiger partial charge in [0.05, 0.1) is 27.7 Å². The topological polar surface area (TPSA) is 105 Å². The first-order valence-corrected chi connectivity index (χ1v) is 10.2. The molecule has 35 heavy (non-hydrogen) atoms. The van der Waals surface area contributed by atoms with Crippen molar-refractivity contribution in [3.8, 4) is 0 Å². The summed E-state index contributed by atoms with van der Waals surface area (Å²) in [5, 5.41) is 11.8. The number of carbonyl (C=O) groups is 2. The molecule has 0 fully saturated rings. The van der Waals surface area contributed by atoms with Gasteiger partial charge in [-0.15, -0.1) is 0 Å². The fourth-order valence-electron chi connectivity index (χ4n) is 2.87. The number of nitrogens with two attached hydrogens (primary N) is 1. The molecule has 0 saturated heterocycles. The number of amides is 1. The normalized spacial score (nSPS) is 12.4. The number of halogens is 5. The number of carbonyl (C=O) groups excluding carboxylic acids is 1. The largest absolute Gasteiger partial charge is 0.478 e. The summed E-state index contributed by atoms with van der Waals surface area (Å²) in [4.78, 5) is 28.1. The van der Waals surface area contributed by atoms with Crippen LogP contribution in [0.5, 0.6) is 0 Å². The van der Waals surface area contributed by atoms with Crippen LogP contribution in [0.25, 0.3) is 0 Å². The van der Waals surface area contributed by atoms with Crippen molar-refractivity contribution in [2.75, 3.05) is 5.32 Å². The minimum atomic E-state index is -4.79. The second-order valence-electron chi connectivity index (χ2n) is 7.07. The molecule has 6 nitrogen and oxygen atoms in total. The van der Waals surface area contributed by atoms with E-state index in [4.69, 9.17) is 17.3 Å². The van der Waals surface area contributed by atoms with E-state index in [0.717, 1.165) is 18.2 Å². The number of alkyl halides is 3. The molecule has 3 rings (SSSR count). The number of hydrogen-bond acceptors (Lipinski definition) is 4. The van der Waals surface area contributed by atoms with Crippen LogP contribution in [0.15, 0.2) is 83.5 Å². The first-order chi connectivity index (χ1) is 16.5. The summed E-state index contributed by atoms with van der Waals surface area (Å²) in [6.45, 7) is 0. The molecular weight excluding hydrogens is 490 g/mol. The highest BCUT2D eigenvalue weighted by atomic mass is 35.5. The van der Waals surface area contributed by atoms with Crippen LogP contribution in [-0.2, 0) is 0 Å². The number of para-hydroxylation sites is 1. The molecule has 3 aromatic carbocycles. The number of benzene rings is 3. The Morgan fingerprint density at radius 3 is 2.23 bits per heavy atom. The third-order valence-corrected chi connectivity index (χ3v) is 4.94. The maximum Gasteiger partial charge on any atom is 0.430 e. The molecule has 0 aliphatic carbocycles. The van der Waals surface area contributed by atoms with Crippen LogP contribution in [0.3, 0.4) is 0 Å². The average molecular weight is 506 g/mol. The van der Waals surface area contributed by atoms with Crippen LogP contribution >= 0.6 is 11.6 Å². The minimum Gasteiger partial charge on any atom is -0.478 e. The van der Waals surface area contributed by atoms with Crippen molar-refractivity contribution in [3.05, 3.63) is 106 Å². The smallest absolute Gasteiger partial charge is 0.430 e. The van der Waals surface area contributed by atoms with Gasteiger partial charge in [-0.25, -0.2) is 14.2 Å². The molecular formula is C24H16ClF4N3O3. The quantitative estimate of drug-likeness (QED) is 0.284. The Labute approximate surface area is 201 Å². The summed E-state index contributed by atoms with van der Waals surface area (Å²) in [5.41, 5.74) is 3.51. The molecule has 4 N–H and O–H groups in total. The second-order valence-corrected chi connectivity index (χ2v) is 7.48. The molecule has 1 amide bonds. The number of aliphatic imine (C=N–C) groups is 1. The molecule has 0 saturated carbocycles. The molecule has 0 radical (unpaired) electrons. The molecule has 0 spiro atoms. The van der Waals surface area contributed by atoms with Crippen molar-refractivity contribution in [1.82, 2.24) is 0 Å². The van der Waals surface area contributed by atoms with Gasteiger partial charge in [0.15, 0.2) is 0 Å². The van der Waals surface area contributed by atoms with Crippen LogP contribution in [0, 0.1) is 5.82 Å². The third-order valence-electron chi connectivity index (χ3n) is 4.62. The number of anilines is 1. The Morgan fingerprint density at radius 1 is 1.00 bits per heavy atom. The predicted molar refractivity (Wildman–Crippen MR) is 124 cm³/mol. The van der Waals surface area contributed by atoms with Crippen LogP contribution in [0.1, 0.15) is 26.3 Å². The van der Waals surface area contributed by atoms with Crippen LogP contribution < -0.4 is 11.1 Å². The van der Waals surface area contributed by atoms with Gasteiger partial charge in [-0.1, -0.05) is 35.9 Å². The summed E-state index contributed by atoms with van der Waals surface area (Å²) in [5.74, 6) is -2.95. The van der Waals surface area contributed by atoms with Crippen LogP contribution in [0.2, 0.25) is 5.02 Å². The number of carboxylic acids is 1. The van der Waals surface area contributed by atoms with E-state index in [2.05, 4.69) is 10.3 Å². The Bertz CT molecular complexity index is 1340. The number of carboxylic acid groups (broad SMARTS) is 1. The molecule has 0 atom stereocenters. The van der Waals surface area contributed by atoms with Gasteiger partial charge in [0.25, 0.3) is 5.91 Å². The van der Waals surface area contributed by atoms with Crippen LogP contribution in [0.4, 0.5) is 28.9 Å². The van der Waals surface area contributed by atoms with Crippen molar-refractivity contribution in [2.45, 2.75) is 6.18 Å². The van der Waals surface area contributed by atoms with E-state index in [-0.39, 0.29) is 33.2 Å². The van der Waals surface area contributed by atoms with E-state index < -0.39 is 35.1 Å². The lowest BCUT2D eigenvalue weighted by Gasteiger charge is -2.11. The SMILES string of the molecule is NC(=CC(=Nc1ccccc1Cl)c1ccc(C(=O)Nc2ccc(F)cc2C(=O)O)cc1)C(F)(F)F. The number of aromatic carboxylic acids is 1. The summed E-state index contributed by atoms with van der Waals surface area (Å²) in [7, 11) is 0. The molecule has 0 unspecified atom stereocenters. The fraction of sp³-hybridized carbons (Fsp3) is 0.0417. The van der Waals surface area contributed by atoms with Gasteiger partial charge >= 0.3 is 12.1 Å². The van der Waals surface area contributed by atoms with E-state index in [9.17, 15) is 32.3 Å². The summed E-state index contributed by atoms with van der Waals surface area (Å²) in [6.07, 6.45) is -4.14. The van der Waals surface area contributed by atoms with Gasteiger partial charge in [0.2, 0.25) is 0 Å². The molecule has 0 aliphatic heterocycles. The van der Waals surface area contributed by atoms with Crippen molar-refractivity contribution in [2.24, 2.45) is 10.7 Å². The zero-order valence-corrected chi connectivity index (χ0v) is 18.4. The molecule has 0 aromatic heterocycles. The zero-order valence-electron chi connectivity index (χ0n) is 17.6. The highest BCUT2D eigenvalue weighted by Gasteiger charge is 2.31. The van der Waals surface area contributed by atoms with E-state index in [1.165, 1.54) is 36.4 Å². The Kier molecular flexibility index (Phi) is 7.55. The lowest BCUT2D eigenvalue weighted by Crippen LogP contribution is -2.21. The summed E-state index contributed by atoms with van der Waals surface area (Å²) < 4.78 is 52.5.